The Morgan fingerprint density at radius 2 is 2.29 bits per heavy atom. The first-order valence-corrected chi connectivity index (χ1v) is 5.43. The van der Waals surface area contributed by atoms with Gasteiger partial charge in [-0.1, -0.05) is 18.3 Å². The summed E-state index contributed by atoms with van der Waals surface area (Å²) in [5.41, 5.74) is 6.39. The standard InChI is InChI=1S/C9H9N3O3S.ClH/c1-2-5-8(16-9(10)11-5)6-3-4-7(15-6)12(13)14;/h3-4H,2H2,1H3,(H2,10,11);1H. The van der Waals surface area contributed by atoms with Crippen molar-refractivity contribution < 1.29 is 9.34 Å². The Balaban J connectivity index is 0.00000144. The molecule has 0 aromatic carbocycles. The number of aromatic nitrogens is 1. The molecule has 2 aromatic rings. The number of thiazole rings is 1. The Bertz CT molecular complexity index is 537. The Morgan fingerprint density at radius 3 is 2.82 bits per heavy atom. The third-order valence-electron chi connectivity index (χ3n) is 2.04. The summed E-state index contributed by atoms with van der Waals surface area (Å²) in [5.74, 6) is 0.168. The summed E-state index contributed by atoms with van der Waals surface area (Å²) < 4.78 is 5.10. The SMILES string of the molecule is CCc1nc(N)sc1-c1ccc([N+](=O)[O-])o1.Cl. The summed E-state index contributed by atoms with van der Waals surface area (Å²) in [6.07, 6.45) is 0.706. The minimum Gasteiger partial charge on any atom is -0.400 e. The van der Waals surface area contributed by atoms with E-state index in [1.165, 1.54) is 17.4 Å². The van der Waals surface area contributed by atoms with Crippen LogP contribution in [-0.4, -0.2) is 9.91 Å². The van der Waals surface area contributed by atoms with E-state index in [4.69, 9.17) is 10.2 Å². The molecule has 0 fully saturated rings. The normalized spacial score (nSPS) is 9.94. The second-order valence-electron chi connectivity index (χ2n) is 3.08. The fourth-order valence-corrected chi connectivity index (χ4v) is 2.23. The third-order valence-corrected chi connectivity index (χ3v) is 2.99. The molecule has 2 N–H and O–H groups in total. The van der Waals surface area contributed by atoms with Gasteiger partial charge < -0.3 is 10.2 Å². The van der Waals surface area contributed by atoms with Gasteiger partial charge in [-0.15, -0.1) is 12.4 Å². The molecule has 0 amide bonds. The van der Waals surface area contributed by atoms with Crippen molar-refractivity contribution in [1.82, 2.24) is 4.98 Å². The molecule has 0 unspecified atom stereocenters. The van der Waals surface area contributed by atoms with Gasteiger partial charge in [0, 0.05) is 0 Å². The monoisotopic (exact) mass is 275 g/mol. The molecule has 6 nitrogen and oxygen atoms in total. The van der Waals surface area contributed by atoms with Crippen LogP contribution in [0.15, 0.2) is 16.5 Å². The van der Waals surface area contributed by atoms with Crippen LogP contribution in [0.1, 0.15) is 12.6 Å². The van der Waals surface area contributed by atoms with Crippen LogP contribution in [0.25, 0.3) is 10.6 Å². The van der Waals surface area contributed by atoms with Gasteiger partial charge in [0.05, 0.1) is 16.6 Å². The molecule has 0 saturated heterocycles. The van der Waals surface area contributed by atoms with Gasteiger partial charge >= 0.3 is 5.88 Å². The summed E-state index contributed by atoms with van der Waals surface area (Å²) in [6.45, 7) is 1.94. The smallest absolute Gasteiger partial charge is 0.400 e. The molecule has 92 valence electrons. The first-order valence-electron chi connectivity index (χ1n) is 4.61. The molecule has 0 bridgehead atoms. The van der Waals surface area contributed by atoms with E-state index in [2.05, 4.69) is 4.98 Å². The molecule has 0 radical (unpaired) electrons. The van der Waals surface area contributed by atoms with Crippen LogP contribution in [0.3, 0.4) is 0 Å². The van der Waals surface area contributed by atoms with E-state index in [9.17, 15) is 10.1 Å². The summed E-state index contributed by atoms with van der Waals surface area (Å²) >= 11 is 1.27. The number of furan rings is 1. The predicted octanol–water partition coefficient (Wildman–Crippen LogP) is 2.88. The van der Waals surface area contributed by atoms with Crippen LogP contribution in [0.4, 0.5) is 11.0 Å². The lowest BCUT2D eigenvalue weighted by Gasteiger charge is -1.93. The van der Waals surface area contributed by atoms with Crippen LogP contribution in [0.5, 0.6) is 0 Å². The lowest BCUT2D eigenvalue weighted by Crippen LogP contribution is -1.85. The Kier molecular flexibility index (Phi) is 4.08. The van der Waals surface area contributed by atoms with Gasteiger partial charge in [0.2, 0.25) is 0 Å². The van der Waals surface area contributed by atoms with Gasteiger partial charge in [0.15, 0.2) is 10.9 Å². The lowest BCUT2D eigenvalue weighted by atomic mass is 10.2. The summed E-state index contributed by atoms with van der Waals surface area (Å²) in [5, 5.41) is 10.9. The highest BCUT2D eigenvalue weighted by Gasteiger charge is 2.17. The summed E-state index contributed by atoms with van der Waals surface area (Å²) in [6, 6.07) is 2.88. The van der Waals surface area contributed by atoms with Crippen molar-refractivity contribution in [3.8, 4) is 10.6 Å². The maximum Gasteiger partial charge on any atom is 0.433 e. The van der Waals surface area contributed by atoms with Crippen molar-refractivity contribution in [2.24, 2.45) is 0 Å². The van der Waals surface area contributed by atoms with Crippen molar-refractivity contribution in [1.29, 1.82) is 0 Å². The van der Waals surface area contributed by atoms with Gasteiger partial charge in [0.25, 0.3) is 0 Å². The average molecular weight is 276 g/mol. The lowest BCUT2D eigenvalue weighted by molar-refractivity contribution is -0.401. The second-order valence-corrected chi connectivity index (χ2v) is 4.11. The van der Waals surface area contributed by atoms with Crippen molar-refractivity contribution in [2.45, 2.75) is 13.3 Å². The van der Waals surface area contributed by atoms with Gasteiger partial charge in [0.1, 0.15) is 4.92 Å². The highest BCUT2D eigenvalue weighted by molar-refractivity contribution is 7.18. The van der Waals surface area contributed by atoms with E-state index in [-0.39, 0.29) is 18.3 Å². The fourth-order valence-electron chi connectivity index (χ4n) is 1.35. The minimum atomic E-state index is -0.570. The van der Waals surface area contributed by atoms with Gasteiger partial charge in [-0.2, -0.15) is 0 Å². The minimum absolute atomic E-state index is 0. The number of nitrogens with two attached hydrogens (primary N) is 1. The molecular formula is C9H10ClN3O3S. The molecule has 0 atom stereocenters. The molecule has 2 heterocycles. The topological polar surface area (TPSA) is 95.2 Å². The Hall–Kier alpha value is -1.60. The number of nitrogens with zero attached hydrogens (tertiary/aromatic N) is 2. The molecule has 0 aliphatic heterocycles. The Labute approximate surface area is 107 Å². The molecule has 0 spiro atoms. The predicted molar refractivity (Wildman–Crippen MR) is 67.5 cm³/mol. The van der Waals surface area contributed by atoms with Crippen LogP contribution in [-0.2, 0) is 6.42 Å². The second kappa shape index (κ2) is 5.15. The number of nitrogen functional groups attached to an aromatic ring is 1. The number of hydrogen-bond acceptors (Lipinski definition) is 6. The largest absolute Gasteiger partial charge is 0.433 e. The molecular weight excluding hydrogens is 266 g/mol. The van der Waals surface area contributed by atoms with E-state index in [1.807, 2.05) is 6.92 Å². The number of anilines is 1. The van der Waals surface area contributed by atoms with Gasteiger partial charge in [-0.3, -0.25) is 10.1 Å². The highest BCUT2D eigenvalue weighted by Crippen LogP contribution is 2.34. The zero-order valence-corrected chi connectivity index (χ0v) is 10.5. The molecule has 0 saturated carbocycles. The van der Waals surface area contributed by atoms with E-state index >= 15 is 0 Å². The number of halogens is 1. The van der Waals surface area contributed by atoms with Crippen molar-refractivity contribution in [2.75, 3.05) is 5.73 Å². The van der Waals surface area contributed by atoms with Crippen LogP contribution < -0.4 is 5.73 Å². The fraction of sp³-hybridized carbons (Fsp3) is 0.222. The number of aryl methyl sites for hydroxylation is 1. The molecule has 2 rings (SSSR count). The maximum absolute atomic E-state index is 10.5. The molecule has 2 aromatic heterocycles. The number of nitro groups is 1. The summed E-state index contributed by atoms with van der Waals surface area (Å²) in [7, 11) is 0. The molecule has 0 aliphatic carbocycles. The maximum atomic E-state index is 10.5. The molecule has 17 heavy (non-hydrogen) atoms. The number of rotatable bonds is 3. The van der Waals surface area contributed by atoms with Crippen LogP contribution >= 0.6 is 23.7 Å². The average Bonchev–Trinajstić information content (AvgIpc) is 2.82. The third kappa shape index (κ3) is 2.56. The van der Waals surface area contributed by atoms with E-state index in [0.717, 1.165) is 10.6 Å². The molecule has 8 heteroatoms. The quantitative estimate of drug-likeness (QED) is 0.686. The van der Waals surface area contributed by atoms with Gasteiger partial charge in [-0.25, -0.2) is 4.98 Å². The van der Waals surface area contributed by atoms with Gasteiger partial charge in [-0.05, 0) is 12.5 Å². The van der Waals surface area contributed by atoms with E-state index in [0.29, 0.717) is 17.3 Å². The van der Waals surface area contributed by atoms with E-state index < -0.39 is 4.92 Å². The van der Waals surface area contributed by atoms with Crippen LogP contribution in [0.2, 0.25) is 0 Å². The highest BCUT2D eigenvalue weighted by atomic mass is 35.5. The summed E-state index contributed by atoms with van der Waals surface area (Å²) in [4.78, 5) is 14.8. The van der Waals surface area contributed by atoms with Crippen molar-refractivity contribution >= 4 is 34.8 Å². The zero-order chi connectivity index (χ0) is 11.7. The van der Waals surface area contributed by atoms with Crippen LogP contribution in [0, 0.1) is 10.1 Å². The Morgan fingerprint density at radius 1 is 1.59 bits per heavy atom. The van der Waals surface area contributed by atoms with Crippen molar-refractivity contribution in [3.63, 3.8) is 0 Å². The molecule has 0 aliphatic rings. The first-order chi connectivity index (χ1) is 7.61. The zero-order valence-electron chi connectivity index (χ0n) is 8.87. The van der Waals surface area contributed by atoms with E-state index in [1.54, 1.807) is 6.07 Å². The first kappa shape index (κ1) is 13.5. The number of hydrogen-bond donors (Lipinski definition) is 1. The van der Waals surface area contributed by atoms with Crippen molar-refractivity contribution in [3.05, 3.63) is 27.9 Å².